The standard InChI is InChI=1S/C23H24ClF3N2O4S/c1-14-21(28)22(31)29(13-15-5-8-17(24)9-6-15)18-12-16(7-10-20(18)34(14,32)33)19(30)4-2-3-11-23(25,26)27/h5-10,12,14,21H,2-4,11,13,28H2,1H3/t14-,21+/m1/s1. The fourth-order valence-electron chi connectivity index (χ4n) is 3.73. The van der Waals surface area contributed by atoms with Gasteiger partial charge < -0.3 is 10.6 Å². The van der Waals surface area contributed by atoms with Crippen LogP contribution in [-0.4, -0.2) is 37.6 Å². The SMILES string of the molecule is C[C@@H]1[C@H](N)C(=O)N(Cc2ccc(Cl)cc2)c2cc(C(=O)CCCCC(F)(F)F)ccc2S1(=O)=O. The van der Waals surface area contributed by atoms with Gasteiger partial charge in [0.05, 0.1) is 22.4 Å². The average Bonchev–Trinajstić information content (AvgIpc) is 2.82. The Morgan fingerprint density at radius 3 is 2.38 bits per heavy atom. The average molecular weight is 517 g/mol. The van der Waals surface area contributed by atoms with E-state index >= 15 is 0 Å². The summed E-state index contributed by atoms with van der Waals surface area (Å²) in [6, 6.07) is 9.16. The van der Waals surface area contributed by atoms with Crippen LogP contribution in [0.1, 0.15) is 48.5 Å². The van der Waals surface area contributed by atoms with E-state index in [1.54, 1.807) is 24.3 Å². The molecule has 11 heteroatoms. The maximum Gasteiger partial charge on any atom is 0.389 e. The molecule has 0 bridgehead atoms. The van der Waals surface area contributed by atoms with Crippen LogP contribution in [0.25, 0.3) is 0 Å². The number of amides is 1. The molecule has 0 saturated heterocycles. The summed E-state index contributed by atoms with van der Waals surface area (Å²) in [5.41, 5.74) is 6.79. The lowest BCUT2D eigenvalue weighted by atomic mass is 10.0. The van der Waals surface area contributed by atoms with Crippen LogP contribution in [0, 0.1) is 0 Å². The van der Waals surface area contributed by atoms with Gasteiger partial charge in [-0.1, -0.05) is 23.7 Å². The molecule has 184 valence electrons. The van der Waals surface area contributed by atoms with E-state index in [4.69, 9.17) is 17.3 Å². The molecule has 0 saturated carbocycles. The molecular weight excluding hydrogens is 493 g/mol. The Balaban J connectivity index is 1.97. The molecule has 3 rings (SSSR count). The van der Waals surface area contributed by atoms with Crippen molar-refractivity contribution in [2.45, 2.75) is 61.5 Å². The number of hydrogen-bond donors (Lipinski definition) is 1. The summed E-state index contributed by atoms with van der Waals surface area (Å²) >= 11 is 5.92. The Bertz CT molecular complexity index is 1180. The monoisotopic (exact) mass is 516 g/mol. The van der Waals surface area contributed by atoms with Gasteiger partial charge in [-0.15, -0.1) is 0 Å². The number of fused-ring (bicyclic) bond motifs is 1. The quantitative estimate of drug-likeness (QED) is 0.425. The molecule has 34 heavy (non-hydrogen) atoms. The summed E-state index contributed by atoms with van der Waals surface area (Å²) in [6.45, 7) is 1.34. The van der Waals surface area contributed by atoms with Gasteiger partial charge >= 0.3 is 6.18 Å². The van der Waals surface area contributed by atoms with Crippen molar-refractivity contribution in [3.05, 3.63) is 58.6 Å². The zero-order valence-corrected chi connectivity index (χ0v) is 19.9. The van der Waals surface area contributed by atoms with Gasteiger partial charge in [0, 0.05) is 23.4 Å². The summed E-state index contributed by atoms with van der Waals surface area (Å²) in [6.07, 6.45) is -5.57. The predicted octanol–water partition coefficient (Wildman–Crippen LogP) is 4.68. The molecule has 1 aliphatic heterocycles. The minimum absolute atomic E-state index is 0.0117. The largest absolute Gasteiger partial charge is 0.389 e. The second-order valence-corrected chi connectivity index (χ2v) is 11.0. The van der Waals surface area contributed by atoms with Crippen molar-refractivity contribution in [2.24, 2.45) is 5.73 Å². The summed E-state index contributed by atoms with van der Waals surface area (Å²) in [7, 11) is -4.00. The van der Waals surface area contributed by atoms with E-state index in [2.05, 4.69) is 0 Å². The van der Waals surface area contributed by atoms with Crippen molar-refractivity contribution in [3.63, 3.8) is 0 Å². The number of carbonyl (C=O) groups excluding carboxylic acids is 2. The number of Topliss-reactive ketones (excluding diaryl/α,β-unsaturated/α-hetero) is 1. The van der Waals surface area contributed by atoms with Crippen molar-refractivity contribution in [1.29, 1.82) is 0 Å². The van der Waals surface area contributed by atoms with Crippen LogP contribution in [0.4, 0.5) is 18.9 Å². The summed E-state index contributed by atoms with van der Waals surface area (Å²) in [5.74, 6) is -1.07. The number of nitrogens with zero attached hydrogens (tertiary/aromatic N) is 1. The highest BCUT2D eigenvalue weighted by Crippen LogP contribution is 2.35. The Morgan fingerprint density at radius 1 is 1.12 bits per heavy atom. The Kier molecular flexibility index (Phi) is 7.74. The Morgan fingerprint density at radius 2 is 1.76 bits per heavy atom. The Hall–Kier alpha value is -2.43. The van der Waals surface area contributed by atoms with E-state index in [9.17, 15) is 31.2 Å². The minimum atomic E-state index is -4.29. The highest BCUT2D eigenvalue weighted by molar-refractivity contribution is 7.92. The molecule has 1 amide bonds. The maximum atomic E-state index is 13.2. The molecule has 0 unspecified atom stereocenters. The first kappa shape index (κ1) is 26.2. The number of unbranched alkanes of at least 4 members (excludes halogenated alkanes) is 1. The highest BCUT2D eigenvalue weighted by Gasteiger charge is 2.42. The first-order chi connectivity index (χ1) is 15.8. The number of benzene rings is 2. The molecular formula is C23H24ClF3N2O4S. The van der Waals surface area contributed by atoms with Gasteiger partial charge in [0.2, 0.25) is 5.91 Å². The third-order valence-electron chi connectivity index (χ3n) is 5.79. The lowest BCUT2D eigenvalue weighted by Crippen LogP contribution is -2.49. The fraction of sp³-hybridized carbons (Fsp3) is 0.391. The summed E-state index contributed by atoms with van der Waals surface area (Å²) in [4.78, 5) is 26.9. The second kappa shape index (κ2) is 10.1. The van der Waals surface area contributed by atoms with Crippen LogP contribution in [-0.2, 0) is 21.2 Å². The van der Waals surface area contributed by atoms with Crippen molar-refractivity contribution in [1.82, 2.24) is 0 Å². The zero-order chi connectivity index (χ0) is 25.3. The van der Waals surface area contributed by atoms with Crippen LogP contribution in [0.2, 0.25) is 5.02 Å². The molecule has 1 heterocycles. The van der Waals surface area contributed by atoms with Gasteiger partial charge in [-0.05, 0) is 55.7 Å². The number of anilines is 1. The molecule has 2 aromatic rings. The van der Waals surface area contributed by atoms with E-state index in [0.29, 0.717) is 10.6 Å². The molecule has 0 spiro atoms. The van der Waals surface area contributed by atoms with Gasteiger partial charge in [-0.25, -0.2) is 8.42 Å². The van der Waals surface area contributed by atoms with E-state index in [-0.39, 0.29) is 42.0 Å². The molecule has 1 aliphatic rings. The number of carbonyl (C=O) groups is 2. The number of hydrogen-bond acceptors (Lipinski definition) is 5. The van der Waals surface area contributed by atoms with Crippen LogP contribution < -0.4 is 10.6 Å². The fourth-order valence-corrected chi connectivity index (χ4v) is 5.47. The lowest BCUT2D eigenvalue weighted by Gasteiger charge is -2.25. The van der Waals surface area contributed by atoms with E-state index < -0.39 is 45.4 Å². The number of halogens is 4. The lowest BCUT2D eigenvalue weighted by molar-refractivity contribution is -0.135. The number of nitrogens with two attached hydrogens (primary N) is 1. The van der Waals surface area contributed by atoms with E-state index in [0.717, 1.165) is 0 Å². The molecule has 0 fully saturated rings. The molecule has 6 nitrogen and oxygen atoms in total. The smallest absolute Gasteiger partial charge is 0.319 e. The normalized spacial score (nSPS) is 20.1. The van der Waals surface area contributed by atoms with Crippen molar-refractivity contribution in [3.8, 4) is 0 Å². The molecule has 0 aliphatic carbocycles. The molecule has 2 atom stereocenters. The highest BCUT2D eigenvalue weighted by atomic mass is 35.5. The van der Waals surface area contributed by atoms with Crippen molar-refractivity contribution in [2.75, 3.05) is 4.90 Å². The number of rotatable bonds is 7. The van der Waals surface area contributed by atoms with Gasteiger partial charge in [0.25, 0.3) is 0 Å². The number of alkyl halides is 3. The van der Waals surface area contributed by atoms with Crippen molar-refractivity contribution < 1.29 is 31.2 Å². The third-order valence-corrected chi connectivity index (χ3v) is 8.28. The predicted molar refractivity (Wildman–Crippen MR) is 123 cm³/mol. The van der Waals surface area contributed by atoms with Crippen LogP contribution in [0.3, 0.4) is 0 Å². The van der Waals surface area contributed by atoms with Crippen LogP contribution >= 0.6 is 11.6 Å². The van der Waals surface area contributed by atoms with Crippen molar-refractivity contribution >= 4 is 38.8 Å². The second-order valence-electron chi connectivity index (χ2n) is 8.25. The third kappa shape index (κ3) is 5.79. The first-order valence-corrected chi connectivity index (χ1v) is 12.5. The van der Waals surface area contributed by atoms with E-state index in [1.807, 2.05) is 0 Å². The van der Waals surface area contributed by atoms with Crippen LogP contribution in [0.15, 0.2) is 47.4 Å². The molecule has 0 radical (unpaired) electrons. The van der Waals surface area contributed by atoms with Gasteiger partial charge in [-0.3, -0.25) is 9.59 Å². The molecule has 2 aromatic carbocycles. The summed E-state index contributed by atoms with van der Waals surface area (Å²) < 4.78 is 63.3. The topological polar surface area (TPSA) is 97.5 Å². The van der Waals surface area contributed by atoms with Gasteiger partial charge in [0.1, 0.15) is 6.04 Å². The zero-order valence-electron chi connectivity index (χ0n) is 18.3. The minimum Gasteiger partial charge on any atom is -0.319 e. The first-order valence-electron chi connectivity index (χ1n) is 10.6. The van der Waals surface area contributed by atoms with Crippen LogP contribution in [0.5, 0.6) is 0 Å². The summed E-state index contributed by atoms with van der Waals surface area (Å²) in [5, 5.41) is -0.712. The Labute approximate surface area is 200 Å². The van der Waals surface area contributed by atoms with E-state index in [1.165, 1.54) is 30.0 Å². The van der Waals surface area contributed by atoms with Gasteiger partial charge in [-0.2, -0.15) is 13.2 Å². The molecule has 0 aromatic heterocycles. The number of sulfone groups is 1. The molecule has 2 N–H and O–H groups in total. The number of ketones is 1. The van der Waals surface area contributed by atoms with Gasteiger partial charge in [0.15, 0.2) is 15.6 Å². The maximum absolute atomic E-state index is 13.2.